The number of carbonyl (C=O) groups is 1. The van der Waals surface area contributed by atoms with E-state index < -0.39 is 6.04 Å². The molecule has 1 rings (SSSR count). The maximum absolute atomic E-state index is 11.6. The molecule has 0 fully saturated rings. The van der Waals surface area contributed by atoms with Gasteiger partial charge in [-0.25, -0.2) is 9.97 Å². The molecular weight excluding hydrogens is 230 g/mol. The fourth-order valence-electron chi connectivity index (χ4n) is 1.14. The van der Waals surface area contributed by atoms with E-state index in [9.17, 15) is 4.79 Å². The molecule has 1 aromatic rings. The van der Waals surface area contributed by atoms with Crippen molar-refractivity contribution < 1.29 is 4.79 Å². The Hall–Kier alpha value is -1.56. The van der Waals surface area contributed by atoms with Crippen molar-refractivity contribution in [3.63, 3.8) is 0 Å². The first-order valence-corrected chi connectivity index (χ1v) is 5.05. The molecule has 0 aliphatic carbocycles. The van der Waals surface area contributed by atoms with Crippen LogP contribution in [0, 0.1) is 0 Å². The zero-order valence-electron chi connectivity index (χ0n) is 9.36. The predicted molar refractivity (Wildman–Crippen MR) is 63.2 cm³/mol. The average molecular weight is 244 g/mol. The first-order chi connectivity index (χ1) is 7.43. The van der Waals surface area contributed by atoms with Crippen molar-refractivity contribution in [2.45, 2.75) is 13.0 Å². The average Bonchev–Trinajstić information content (AvgIpc) is 2.23. The molecule has 0 aliphatic heterocycles. The molecule has 1 atom stereocenters. The fourth-order valence-corrected chi connectivity index (χ4v) is 1.28. The normalized spacial score (nSPS) is 12.0. The number of nitrogens with zero attached hydrogens (tertiary/aromatic N) is 3. The van der Waals surface area contributed by atoms with Gasteiger partial charge in [0.1, 0.15) is 18.1 Å². The summed E-state index contributed by atoms with van der Waals surface area (Å²) >= 11 is 5.73. The number of hydrogen-bond acceptors (Lipinski definition) is 5. The molecule has 1 unspecified atom stereocenters. The van der Waals surface area contributed by atoms with Gasteiger partial charge in [-0.3, -0.25) is 4.79 Å². The van der Waals surface area contributed by atoms with E-state index in [0.717, 1.165) is 0 Å². The summed E-state index contributed by atoms with van der Waals surface area (Å²) in [6.45, 7) is 1.72. The van der Waals surface area contributed by atoms with Gasteiger partial charge in [-0.2, -0.15) is 0 Å². The Morgan fingerprint density at radius 2 is 2.19 bits per heavy atom. The second kappa shape index (κ2) is 4.98. The standard InChI is InChI=1S/C9H14ClN5O/c1-5(9(16)15(2)3)14-8-6(11)7(10)12-4-13-8/h4-5H,11H2,1-3H3,(H,12,13,14). The zero-order valence-corrected chi connectivity index (χ0v) is 10.1. The maximum Gasteiger partial charge on any atom is 0.244 e. The van der Waals surface area contributed by atoms with Gasteiger partial charge >= 0.3 is 0 Å². The van der Waals surface area contributed by atoms with Gasteiger partial charge < -0.3 is 16.0 Å². The lowest BCUT2D eigenvalue weighted by Gasteiger charge is -2.19. The topological polar surface area (TPSA) is 84.1 Å². The van der Waals surface area contributed by atoms with Crippen LogP contribution in [0.1, 0.15) is 6.92 Å². The summed E-state index contributed by atoms with van der Waals surface area (Å²) in [5.41, 5.74) is 5.90. The third-order valence-electron chi connectivity index (χ3n) is 2.00. The number of nitrogen functional groups attached to an aromatic ring is 1. The van der Waals surface area contributed by atoms with E-state index >= 15 is 0 Å². The summed E-state index contributed by atoms with van der Waals surface area (Å²) in [5.74, 6) is 0.289. The quantitative estimate of drug-likeness (QED) is 0.760. The van der Waals surface area contributed by atoms with Crippen LogP contribution in [0.25, 0.3) is 0 Å². The summed E-state index contributed by atoms with van der Waals surface area (Å²) in [7, 11) is 3.35. The molecule has 0 radical (unpaired) electrons. The van der Waals surface area contributed by atoms with E-state index in [2.05, 4.69) is 15.3 Å². The van der Waals surface area contributed by atoms with E-state index in [4.69, 9.17) is 17.3 Å². The van der Waals surface area contributed by atoms with Gasteiger partial charge in [-0.05, 0) is 6.92 Å². The number of nitrogens with one attached hydrogen (secondary N) is 1. The van der Waals surface area contributed by atoms with Gasteiger partial charge in [0, 0.05) is 14.1 Å². The largest absolute Gasteiger partial charge is 0.393 e. The summed E-state index contributed by atoms with van der Waals surface area (Å²) in [6, 6.07) is -0.428. The monoisotopic (exact) mass is 243 g/mol. The van der Waals surface area contributed by atoms with Crippen LogP contribution in [-0.2, 0) is 4.79 Å². The molecule has 0 aliphatic rings. The Balaban J connectivity index is 2.81. The van der Waals surface area contributed by atoms with Crippen LogP contribution in [-0.4, -0.2) is 40.9 Å². The van der Waals surface area contributed by atoms with Crippen LogP contribution in [0.3, 0.4) is 0 Å². The molecule has 0 bridgehead atoms. The minimum absolute atomic E-state index is 0.0749. The lowest BCUT2D eigenvalue weighted by molar-refractivity contribution is -0.129. The highest BCUT2D eigenvalue weighted by Gasteiger charge is 2.16. The second-order valence-electron chi connectivity index (χ2n) is 3.53. The SMILES string of the molecule is CC(Nc1ncnc(Cl)c1N)C(=O)N(C)C. The Morgan fingerprint density at radius 1 is 1.56 bits per heavy atom. The first-order valence-electron chi connectivity index (χ1n) is 4.67. The number of hydrogen-bond donors (Lipinski definition) is 2. The van der Waals surface area contributed by atoms with Crippen LogP contribution in [0.4, 0.5) is 11.5 Å². The Kier molecular flexibility index (Phi) is 3.89. The fraction of sp³-hybridized carbons (Fsp3) is 0.444. The molecular formula is C9H14ClN5O. The zero-order chi connectivity index (χ0) is 12.3. The number of amides is 1. The van der Waals surface area contributed by atoms with E-state index in [1.165, 1.54) is 11.2 Å². The van der Waals surface area contributed by atoms with Crippen LogP contribution < -0.4 is 11.1 Å². The predicted octanol–water partition coefficient (Wildman–Crippen LogP) is 0.601. The van der Waals surface area contributed by atoms with Gasteiger partial charge in [0.25, 0.3) is 0 Å². The van der Waals surface area contributed by atoms with Crippen LogP contribution >= 0.6 is 11.6 Å². The van der Waals surface area contributed by atoms with Gasteiger partial charge in [0.15, 0.2) is 11.0 Å². The smallest absolute Gasteiger partial charge is 0.244 e. The summed E-state index contributed by atoms with van der Waals surface area (Å²) in [5, 5.41) is 3.05. The molecule has 0 spiro atoms. The number of aromatic nitrogens is 2. The number of nitrogens with two attached hydrogens (primary N) is 1. The van der Waals surface area contributed by atoms with E-state index in [1.807, 2.05) is 0 Å². The van der Waals surface area contributed by atoms with Crippen LogP contribution in [0.2, 0.25) is 5.15 Å². The molecule has 7 heteroatoms. The molecule has 1 amide bonds. The third-order valence-corrected chi connectivity index (χ3v) is 2.30. The molecule has 16 heavy (non-hydrogen) atoms. The number of likely N-dealkylation sites (N-methyl/N-ethyl adjacent to an activating group) is 1. The van der Waals surface area contributed by atoms with Crippen LogP contribution in [0.5, 0.6) is 0 Å². The molecule has 6 nitrogen and oxygen atoms in total. The van der Waals surface area contributed by atoms with Crippen molar-refractivity contribution in [1.82, 2.24) is 14.9 Å². The van der Waals surface area contributed by atoms with Crippen molar-refractivity contribution >= 4 is 29.0 Å². The lowest BCUT2D eigenvalue weighted by Crippen LogP contribution is -2.37. The molecule has 0 saturated heterocycles. The van der Waals surface area contributed by atoms with Crippen molar-refractivity contribution in [2.24, 2.45) is 0 Å². The van der Waals surface area contributed by atoms with Crippen LogP contribution in [0.15, 0.2) is 6.33 Å². The van der Waals surface area contributed by atoms with Crippen molar-refractivity contribution in [1.29, 1.82) is 0 Å². The second-order valence-corrected chi connectivity index (χ2v) is 3.88. The van der Waals surface area contributed by atoms with Gasteiger partial charge in [-0.1, -0.05) is 11.6 Å². The van der Waals surface area contributed by atoms with Gasteiger partial charge in [0.05, 0.1) is 0 Å². The highest BCUT2D eigenvalue weighted by molar-refractivity contribution is 6.32. The van der Waals surface area contributed by atoms with Crippen molar-refractivity contribution in [3.8, 4) is 0 Å². The summed E-state index contributed by atoms with van der Waals surface area (Å²) < 4.78 is 0. The van der Waals surface area contributed by atoms with E-state index in [1.54, 1.807) is 21.0 Å². The van der Waals surface area contributed by atoms with Gasteiger partial charge in [0.2, 0.25) is 5.91 Å². The van der Waals surface area contributed by atoms with Crippen molar-refractivity contribution in [3.05, 3.63) is 11.5 Å². The van der Waals surface area contributed by atoms with E-state index in [0.29, 0.717) is 5.82 Å². The molecule has 1 aromatic heterocycles. The maximum atomic E-state index is 11.6. The molecule has 88 valence electrons. The molecule has 0 aromatic carbocycles. The minimum Gasteiger partial charge on any atom is -0.393 e. The molecule has 0 saturated carbocycles. The Morgan fingerprint density at radius 3 is 2.75 bits per heavy atom. The number of rotatable bonds is 3. The Labute approximate surface area is 98.8 Å². The highest BCUT2D eigenvalue weighted by Crippen LogP contribution is 2.22. The summed E-state index contributed by atoms with van der Waals surface area (Å²) in [4.78, 5) is 20.7. The Bertz CT molecular complexity index is 395. The third kappa shape index (κ3) is 2.73. The highest BCUT2D eigenvalue weighted by atomic mass is 35.5. The van der Waals surface area contributed by atoms with E-state index in [-0.39, 0.29) is 16.7 Å². The van der Waals surface area contributed by atoms with Gasteiger partial charge in [-0.15, -0.1) is 0 Å². The lowest BCUT2D eigenvalue weighted by atomic mass is 10.3. The summed E-state index contributed by atoms with van der Waals surface area (Å²) in [6.07, 6.45) is 1.29. The number of carbonyl (C=O) groups excluding carboxylic acids is 1. The molecule has 1 heterocycles. The van der Waals surface area contributed by atoms with Crippen molar-refractivity contribution in [2.75, 3.05) is 25.1 Å². The number of anilines is 2. The molecule has 3 N–H and O–H groups in total. The minimum atomic E-state index is -0.428. The first kappa shape index (κ1) is 12.5. The number of halogens is 1.